The van der Waals surface area contributed by atoms with Crippen molar-refractivity contribution in [2.24, 2.45) is 4.99 Å². The van der Waals surface area contributed by atoms with E-state index in [-0.39, 0.29) is 22.7 Å². The average molecular weight is 592 g/mol. The molecule has 0 fully saturated rings. The van der Waals surface area contributed by atoms with E-state index >= 15 is 0 Å². The molecule has 6 nitrogen and oxygen atoms in total. The van der Waals surface area contributed by atoms with Crippen molar-refractivity contribution < 1.29 is 49.0 Å². The Morgan fingerprint density at radius 3 is 2.20 bits per heavy atom. The van der Waals surface area contributed by atoms with E-state index in [4.69, 9.17) is 0 Å². The van der Waals surface area contributed by atoms with E-state index in [9.17, 15) is 44.3 Å². The Balaban J connectivity index is 1.72. The van der Waals surface area contributed by atoms with Crippen molar-refractivity contribution in [2.45, 2.75) is 50.3 Å². The zero-order valence-electron chi connectivity index (χ0n) is 21.1. The number of ether oxygens (including phenoxy) is 1. The number of halogens is 9. The number of nitrogens with zero attached hydrogens (tertiary/aromatic N) is 2. The first-order valence-corrected chi connectivity index (χ1v) is 11.8. The van der Waals surface area contributed by atoms with Gasteiger partial charge >= 0.3 is 18.7 Å². The van der Waals surface area contributed by atoms with Crippen LogP contribution in [-0.4, -0.2) is 35.9 Å². The Morgan fingerprint density at radius 2 is 1.61 bits per heavy atom. The second kappa shape index (κ2) is 10.3. The maximum Gasteiger partial charge on any atom is 0.573 e. The number of carbonyl (C=O) groups excluding carboxylic acids is 1. The SMILES string of the molecule is CC(C)(NC1=C[C@H](c2cccc(OC(F)(F)F)c2)N(c2ccc(C(F)(F)F)cc2)C1=O)C1=NC(C(F)(F)F)NC=C1. The van der Waals surface area contributed by atoms with Crippen LogP contribution in [0.1, 0.15) is 31.0 Å². The second-order valence-electron chi connectivity index (χ2n) is 9.57. The fraction of sp³-hybridized carbons (Fsp3) is 0.308. The van der Waals surface area contributed by atoms with Crippen LogP contribution in [0.15, 0.2) is 77.6 Å². The van der Waals surface area contributed by atoms with Crippen LogP contribution in [0.4, 0.5) is 45.2 Å². The van der Waals surface area contributed by atoms with Gasteiger partial charge in [-0.2, -0.15) is 26.3 Å². The van der Waals surface area contributed by atoms with Crippen LogP contribution in [0.3, 0.4) is 0 Å². The van der Waals surface area contributed by atoms with Gasteiger partial charge in [0.15, 0.2) is 0 Å². The molecule has 2 aliphatic heterocycles. The standard InChI is InChI=1S/C26H21F9N4O2/c1-23(2,20-10-11-36-22(37-20)25(30,31)32)38-18-13-19(14-4-3-5-17(12-14)41-26(33,34)35)39(21(18)40)16-8-6-15(7-9-16)24(27,28)29/h3-13,19,22,36,38H,1-2H3/t19-,22?/m1/s1. The van der Waals surface area contributed by atoms with Crippen molar-refractivity contribution in [3.05, 3.63) is 83.7 Å². The molecule has 1 amide bonds. The third kappa shape index (κ3) is 6.77. The molecule has 2 atom stereocenters. The van der Waals surface area contributed by atoms with Gasteiger partial charge in [0.25, 0.3) is 5.91 Å². The smallest absolute Gasteiger partial charge is 0.406 e. The number of amides is 1. The van der Waals surface area contributed by atoms with Gasteiger partial charge in [-0.25, -0.2) is 0 Å². The number of hydrogen-bond acceptors (Lipinski definition) is 5. The minimum absolute atomic E-state index is 0.0164. The molecule has 2 N–H and O–H groups in total. The zero-order valence-corrected chi connectivity index (χ0v) is 21.1. The molecule has 2 heterocycles. The van der Waals surface area contributed by atoms with Crippen LogP contribution in [0.2, 0.25) is 0 Å². The van der Waals surface area contributed by atoms with Crippen molar-refractivity contribution in [1.29, 1.82) is 0 Å². The monoisotopic (exact) mass is 592 g/mol. The number of rotatable bonds is 6. The van der Waals surface area contributed by atoms with Crippen LogP contribution >= 0.6 is 0 Å². The molecule has 0 radical (unpaired) electrons. The number of aliphatic imine (C=N–C) groups is 1. The molecule has 0 bridgehead atoms. The van der Waals surface area contributed by atoms with Gasteiger partial charge in [0.1, 0.15) is 5.75 Å². The summed E-state index contributed by atoms with van der Waals surface area (Å²) in [5.41, 5.74) is -2.50. The lowest BCUT2D eigenvalue weighted by Gasteiger charge is -2.32. The lowest BCUT2D eigenvalue weighted by Crippen LogP contribution is -2.51. The van der Waals surface area contributed by atoms with Gasteiger partial charge in [0.05, 0.1) is 28.6 Å². The van der Waals surface area contributed by atoms with Crippen LogP contribution in [-0.2, 0) is 11.0 Å². The fourth-order valence-electron chi connectivity index (χ4n) is 4.26. The van der Waals surface area contributed by atoms with Crippen molar-refractivity contribution >= 4 is 17.3 Å². The van der Waals surface area contributed by atoms with E-state index in [1.165, 1.54) is 38.1 Å². The van der Waals surface area contributed by atoms with Gasteiger partial charge in [0.2, 0.25) is 6.17 Å². The lowest BCUT2D eigenvalue weighted by atomic mass is 9.96. The zero-order chi connectivity index (χ0) is 30.4. The highest BCUT2D eigenvalue weighted by Crippen LogP contribution is 2.39. The Hall–Kier alpha value is -4.17. The largest absolute Gasteiger partial charge is 0.573 e. The van der Waals surface area contributed by atoms with Crippen LogP contribution in [0.25, 0.3) is 0 Å². The van der Waals surface area contributed by atoms with Crippen molar-refractivity contribution in [1.82, 2.24) is 10.6 Å². The highest BCUT2D eigenvalue weighted by molar-refractivity contribution is 6.10. The number of anilines is 1. The highest BCUT2D eigenvalue weighted by atomic mass is 19.4. The van der Waals surface area contributed by atoms with Crippen molar-refractivity contribution in [3.8, 4) is 5.75 Å². The van der Waals surface area contributed by atoms with Gasteiger partial charge < -0.3 is 15.4 Å². The van der Waals surface area contributed by atoms with E-state index in [0.717, 1.165) is 47.5 Å². The Kier molecular flexibility index (Phi) is 7.52. The normalized spacial score (nSPS) is 20.0. The summed E-state index contributed by atoms with van der Waals surface area (Å²) < 4.78 is 122. The van der Waals surface area contributed by atoms with E-state index < -0.39 is 53.7 Å². The van der Waals surface area contributed by atoms with Gasteiger partial charge in [-0.15, -0.1) is 13.2 Å². The molecular formula is C26H21F9N4O2. The molecule has 1 unspecified atom stereocenters. The third-order valence-corrected chi connectivity index (χ3v) is 6.12. The second-order valence-corrected chi connectivity index (χ2v) is 9.57. The maximum atomic E-state index is 13.6. The number of alkyl halides is 9. The third-order valence-electron chi connectivity index (χ3n) is 6.12. The molecule has 0 aliphatic carbocycles. The molecule has 4 rings (SSSR count). The molecule has 15 heteroatoms. The van der Waals surface area contributed by atoms with Crippen LogP contribution in [0.5, 0.6) is 5.75 Å². The summed E-state index contributed by atoms with van der Waals surface area (Å²) in [6.45, 7) is 2.91. The van der Waals surface area contributed by atoms with Crippen molar-refractivity contribution in [2.75, 3.05) is 4.90 Å². The summed E-state index contributed by atoms with van der Waals surface area (Å²) in [6.07, 6.45) is -13.0. The first kappa shape index (κ1) is 29.8. The minimum Gasteiger partial charge on any atom is -0.406 e. The van der Waals surface area contributed by atoms with Crippen LogP contribution in [0, 0.1) is 0 Å². The molecule has 2 aromatic carbocycles. The summed E-state index contributed by atoms with van der Waals surface area (Å²) in [6, 6.07) is 7.08. The molecule has 0 saturated heterocycles. The summed E-state index contributed by atoms with van der Waals surface area (Å²) in [5, 5.41) is 4.91. The Bertz CT molecular complexity index is 1390. The van der Waals surface area contributed by atoms with E-state index in [2.05, 4.69) is 20.4 Å². The van der Waals surface area contributed by atoms with Crippen LogP contribution < -0.4 is 20.3 Å². The quantitative estimate of drug-likeness (QED) is 0.382. The summed E-state index contributed by atoms with van der Waals surface area (Å²) >= 11 is 0. The minimum atomic E-state index is -5.01. The lowest BCUT2D eigenvalue weighted by molar-refractivity contribution is -0.274. The van der Waals surface area contributed by atoms with Crippen molar-refractivity contribution in [3.63, 3.8) is 0 Å². The van der Waals surface area contributed by atoms with E-state index in [1.807, 2.05) is 0 Å². The highest BCUT2D eigenvalue weighted by Gasteiger charge is 2.43. The predicted molar refractivity (Wildman–Crippen MR) is 130 cm³/mol. The molecule has 2 aromatic rings. The summed E-state index contributed by atoms with van der Waals surface area (Å²) in [4.78, 5) is 18.3. The van der Waals surface area contributed by atoms with E-state index in [0.29, 0.717) is 0 Å². The molecular weight excluding hydrogens is 571 g/mol. The first-order valence-electron chi connectivity index (χ1n) is 11.8. The van der Waals surface area contributed by atoms with Gasteiger partial charge in [-0.05, 0) is 68.0 Å². The molecule has 41 heavy (non-hydrogen) atoms. The van der Waals surface area contributed by atoms with Gasteiger partial charge in [0, 0.05) is 11.9 Å². The molecule has 0 saturated carbocycles. The Morgan fingerprint density at radius 1 is 0.951 bits per heavy atom. The molecule has 2 aliphatic rings. The number of benzene rings is 2. The molecule has 0 spiro atoms. The molecule has 220 valence electrons. The molecule has 0 aromatic heterocycles. The van der Waals surface area contributed by atoms with Gasteiger partial charge in [-0.3, -0.25) is 14.7 Å². The predicted octanol–water partition coefficient (Wildman–Crippen LogP) is 6.39. The maximum absolute atomic E-state index is 13.6. The summed E-state index contributed by atoms with van der Waals surface area (Å²) in [7, 11) is 0. The number of nitrogens with one attached hydrogen (secondary N) is 2. The topological polar surface area (TPSA) is 66.0 Å². The summed E-state index contributed by atoms with van der Waals surface area (Å²) in [5.74, 6) is -1.40. The fourth-order valence-corrected chi connectivity index (χ4v) is 4.26. The van der Waals surface area contributed by atoms with Gasteiger partial charge in [-0.1, -0.05) is 12.1 Å². The number of hydrogen-bond donors (Lipinski definition) is 2. The van der Waals surface area contributed by atoms with E-state index in [1.54, 1.807) is 0 Å². The average Bonchev–Trinajstić information content (AvgIpc) is 3.17. The first-order chi connectivity index (χ1) is 18.8. The number of carbonyl (C=O) groups is 1. The Labute approximate surface area is 227 Å².